The van der Waals surface area contributed by atoms with Crippen LogP contribution in [0.15, 0.2) is 36.5 Å². The van der Waals surface area contributed by atoms with E-state index in [1.165, 1.54) is 13.0 Å². The second-order valence-corrected chi connectivity index (χ2v) is 8.30. The van der Waals surface area contributed by atoms with E-state index < -0.39 is 17.8 Å². The van der Waals surface area contributed by atoms with Crippen LogP contribution in [0.25, 0.3) is 10.9 Å². The number of hydrogen-bond donors (Lipinski definition) is 2. The molecule has 0 saturated carbocycles. The molecule has 1 saturated heterocycles. The molecule has 1 aliphatic rings. The van der Waals surface area contributed by atoms with Crippen LogP contribution in [0.2, 0.25) is 0 Å². The van der Waals surface area contributed by atoms with Gasteiger partial charge in [0.15, 0.2) is 0 Å². The van der Waals surface area contributed by atoms with Gasteiger partial charge in [0.05, 0.1) is 17.3 Å². The summed E-state index contributed by atoms with van der Waals surface area (Å²) in [5.74, 6) is 1.73. The quantitative estimate of drug-likeness (QED) is 0.595. The number of aromatic nitrogens is 3. The van der Waals surface area contributed by atoms with Gasteiger partial charge in [-0.05, 0) is 44.0 Å². The molecule has 2 atom stereocenters. The Morgan fingerprint density at radius 3 is 2.76 bits per heavy atom. The fourth-order valence-electron chi connectivity index (χ4n) is 4.07. The highest BCUT2D eigenvalue weighted by molar-refractivity contribution is 5.90. The van der Waals surface area contributed by atoms with Gasteiger partial charge in [0.25, 0.3) is 0 Å². The first-order valence-electron chi connectivity index (χ1n) is 10.7. The number of pyridine rings is 1. The largest absolute Gasteiger partial charge is 0.416 e. The van der Waals surface area contributed by atoms with Crippen molar-refractivity contribution < 1.29 is 18.0 Å². The number of nitrogens with zero attached hydrogens (tertiary/aromatic N) is 4. The number of amides is 1. The van der Waals surface area contributed by atoms with Crippen LogP contribution in [-0.2, 0) is 11.0 Å². The van der Waals surface area contributed by atoms with E-state index in [1.807, 2.05) is 6.07 Å². The molecule has 1 aromatic carbocycles. The highest BCUT2D eigenvalue weighted by Crippen LogP contribution is 2.32. The summed E-state index contributed by atoms with van der Waals surface area (Å²) in [7, 11) is 0. The van der Waals surface area contributed by atoms with Crippen molar-refractivity contribution in [1.29, 1.82) is 0 Å². The summed E-state index contributed by atoms with van der Waals surface area (Å²) < 4.78 is 39.4. The van der Waals surface area contributed by atoms with E-state index in [-0.39, 0.29) is 11.9 Å². The molecule has 0 radical (unpaired) electrons. The maximum absolute atomic E-state index is 13.1. The van der Waals surface area contributed by atoms with Gasteiger partial charge in [-0.15, -0.1) is 0 Å². The molecule has 4 rings (SSSR count). The lowest BCUT2D eigenvalue weighted by molar-refractivity contribution is -0.137. The normalized spacial score (nSPS) is 17.3. The maximum Gasteiger partial charge on any atom is 0.416 e. The van der Waals surface area contributed by atoms with Crippen molar-refractivity contribution in [3.8, 4) is 0 Å². The van der Waals surface area contributed by atoms with Crippen molar-refractivity contribution in [3.05, 3.63) is 53.5 Å². The predicted octanol–water partition coefficient (Wildman–Crippen LogP) is 4.24. The van der Waals surface area contributed by atoms with Crippen molar-refractivity contribution in [2.45, 2.75) is 45.5 Å². The number of nitrogens with one attached hydrogen (secondary N) is 2. The zero-order valence-corrected chi connectivity index (χ0v) is 18.6. The standard InChI is InChI=1S/C23H25F3N6O/c1-13(16-5-4-6-17(9-16)23(24,25)26)28-22-19-10-21(27-11-20(19)29-14(2)30-22)32-8-7-18(12-32)31-15(3)33/h4-6,9-11,13,18H,7-8,12H2,1-3H3,(H,31,33)(H,28,29,30)/t13-,18+/m1/s1. The van der Waals surface area contributed by atoms with E-state index in [4.69, 9.17) is 0 Å². The summed E-state index contributed by atoms with van der Waals surface area (Å²) >= 11 is 0. The van der Waals surface area contributed by atoms with Crippen LogP contribution >= 0.6 is 0 Å². The van der Waals surface area contributed by atoms with E-state index >= 15 is 0 Å². The Hall–Kier alpha value is -3.43. The van der Waals surface area contributed by atoms with Crippen LogP contribution in [0, 0.1) is 6.92 Å². The Kier molecular flexibility index (Phi) is 6.09. The van der Waals surface area contributed by atoms with E-state index in [2.05, 4.69) is 30.5 Å². The topological polar surface area (TPSA) is 83.0 Å². The van der Waals surface area contributed by atoms with Crippen LogP contribution in [0.4, 0.5) is 24.8 Å². The average molecular weight is 458 g/mol. The molecule has 0 bridgehead atoms. The minimum Gasteiger partial charge on any atom is -0.363 e. The van der Waals surface area contributed by atoms with Gasteiger partial charge in [-0.3, -0.25) is 4.79 Å². The van der Waals surface area contributed by atoms with Crippen LogP contribution in [-0.4, -0.2) is 40.0 Å². The first-order valence-corrected chi connectivity index (χ1v) is 10.7. The second-order valence-electron chi connectivity index (χ2n) is 8.30. The van der Waals surface area contributed by atoms with Crippen LogP contribution in [0.1, 0.15) is 43.3 Å². The minimum atomic E-state index is -4.40. The van der Waals surface area contributed by atoms with Gasteiger partial charge in [0, 0.05) is 37.5 Å². The van der Waals surface area contributed by atoms with Crippen molar-refractivity contribution in [2.75, 3.05) is 23.3 Å². The van der Waals surface area contributed by atoms with Crippen LogP contribution in [0.3, 0.4) is 0 Å². The molecule has 10 heteroatoms. The van der Waals surface area contributed by atoms with Gasteiger partial charge in [-0.1, -0.05) is 12.1 Å². The number of fused-ring (bicyclic) bond motifs is 1. The number of anilines is 2. The SMILES string of the molecule is CC(=O)N[C@H]1CCN(c2cc3c(N[C@H](C)c4cccc(C(F)(F)F)c4)nc(C)nc3cn2)C1. The Morgan fingerprint density at radius 2 is 2.03 bits per heavy atom. The highest BCUT2D eigenvalue weighted by atomic mass is 19.4. The van der Waals surface area contributed by atoms with Gasteiger partial charge in [-0.2, -0.15) is 13.2 Å². The Morgan fingerprint density at radius 1 is 1.24 bits per heavy atom. The minimum absolute atomic E-state index is 0.0627. The molecule has 1 fully saturated rings. The van der Waals surface area contributed by atoms with E-state index in [1.54, 1.807) is 26.1 Å². The molecular weight excluding hydrogens is 433 g/mol. The first kappa shape index (κ1) is 22.8. The van der Waals surface area contributed by atoms with Gasteiger partial charge < -0.3 is 15.5 Å². The zero-order valence-electron chi connectivity index (χ0n) is 18.6. The van der Waals surface area contributed by atoms with E-state index in [0.29, 0.717) is 29.3 Å². The Labute approximate surface area is 189 Å². The second kappa shape index (κ2) is 8.84. The summed E-state index contributed by atoms with van der Waals surface area (Å²) in [5.41, 5.74) is 0.454. The molecule has 1 aliphatic heterocycles. The monoisotopic (exact) mass is 458 g/mol. The Balaban J connectivity index is 1.62. The smallest absolute Gasteiger partial charge is 0.363 e. The summed E-state index contributed by atoms with van der Waals surface area (Å²) in [5, 5.41) is 6.91. The molecule has 2 aromatic heterocycles. The first-order chi connectivity index (χ1) is 15.6. The highest BCUT2D eigenvalue weighted by Gasteiger charge is 2.31. The summed E-state index contributed by atoms with van der Waals surface area (Å²) in [6.07, 6.45) is -1.91. The maximum atomic E-state index is 13.1. The van der Waals surface area contributed by atoms with Crippen LogP contribution in [0.5, 0.6) is 0 Å². The molecule has 0 spiro atoms. The van der Waals surface area contributed by atoms with Gasteiger partial charge >= 0.3 is 6.18 Å². The van der Waals surface area contributed by atoms with Crippen molar-refractivity contribution >= 4 is 28.4 Å². The third-order valence-corrected chi connectivity index (χ3v) is 5.67. The number of hydrogen-bond acceptors (Lipinski definition) is 6. The summed E-state index contributed by atoms with van der Waals surface area (Å²) in [6.45, 7) is 6.44. The van der Waals surface area contributed by atoms with Gasteiger partial charge in [0.2, 0.25) is 5.91 Å². The lowest BCUT2D eigenvalue weighted by Gasteiger charge is -2.20. The zero-order chi connectivity index (χ0) is 23.8. The number of halogens is 3. The summed E-state index contributed by atoms with van der Waals surface area (Å²) in [4.78, 5) is 26.9. The third-order valence-electron chi connectivity index (χ3n) is 5.67. The molecule has 174 valence electrons. The predicted molar refractivity (Wildman–Crippen MR) is 120 cm³/mol. The molecule has 33 heavy (non-hydrogen) atoms. The van der Waals surface area contributed by atoms with Gasteiger partial charge in [-0.25, -0.2) is 15.0 Å². The lowest BCUT2D eigenvalue weighted by atomic mass is 10.0. The van der Waals surface area contributed by atoms with E-state index in [9.17, 15) is 18.0 Å². The van der Waals surface area contributed by atoms with Crippen molar-refractivity contribution in [1.82, 2.24) is 20.3 Å². The summed E-state index contributed by atoms with van der Waals surface area (Å²) in [6, 6.07) is 6.79. The fraction of sp³-hybridized carbons (Fsp3) is 0.391. The van der Waals surface area contributed by atoms with Crippen molar-refractivity contribution in [2.24, 2.45) is 0 Å². The number of benzene rings is 1. The molecular formula is C23H25F3N6O. The number of alkyl halides is 3. The van der Waals surface area contributed by atoms with Crippen molar-refractivity contribution in [3.63, 3.8) is 0 Å². The molecule has 1 amide bonds. The molecule has 7 nitrogen and oxygen atoms in total. The third kappa shape index (κ3) is 5.15. The fourth-order valence-corrected chi connectivity index (χ4v) is 4.07. The lowest BCUT2D eigenvalue weighted by Crippen LogP contribution is -2.35. The average Bonchev–Trinajstić information content (AvgIpc) is 3.20. The molecule has 3 heterocycles. The number of carbonyl (C=O) groups is 1. The number of aryl methyl sites for hydroxylation is 1. The number of rotatable bonds is 5. The number of carbonyl (C=O) groups excluding carboxylic acids is 1. The molecule has 3 aromatic rings. The Bertz CT molecular complexity index is 1180. The molecule has 0 unspecified atom stereocenters. The molecule has 2 N–H and O–H groups in total. The van der Waals surface area contributed by atoms with E-state index in [0.717, 1.165) is 36.3 Å². The van der Waals surface area contributed by atoms with Crippen LogP contribution < -0.4 is 15.5 Å². The molecule has 0 aliphatic carbocycles. The van der Waals surface area contributed by atoms with Gasteiger partial charge in [0.1, 0.15) is 17.5 Å².